The van der Waals surface area contributed by atoms with Crippen molar-refractivity contribution in [1.82, 2.24) is 0 Å². The van der Waals surface area contributed by atoms with Crippen molar-refractivity contribution in [2.45, 2.75) is 0 Å². The summed E-state index contributed by atoms with van der Waals surface area (Å²) in [6, 6.07) is 67.0. The molecule has 46 heavy (non-hydrogen) atoms. The number of hydrogen-bond acceptors (Lipinski definition) is 2. The van der Waals surface area contributed by atoms with E-state index in [9.17, 15) is 0 Å². The summed E-state index contributed by atoms with van der Waals surface area (Å²) < 4.78 is 0. The monoisotopic (exact) mass is 588 g/mol. The van der Waals surface area contributed by atoms with Crippen molar-refractivity contribution in [2.24, 2.45) is 0 Å². The predicted molar refractivity (Wildman–Crippen MR) is 197 cm³/mol. The molecule has 0 saturated heterocycles. The van der Waals surface area contributed by atoms with Crippen LogP contribution in [0, 0.1) is 0 Å². The summed E-state index contributed by atoms with van der Waals surface area (Å²) in [5.74, 6) is 0. The molecule has 8 rings (SSSR count). The molecule has 2 nitrogen and oxygen atoms in total. The highest BCUT2D eigenvalue weighted by atomic mass is 15.1. The molecule has 0 amide bonds. The summed E-state index contributed by atoms with van der Waals surface area (Å²) in [5.41, 5.74) is 10.3. The standard InChI is InChI=1S/C44H32N2/c1-2-12-35(13-3-1)40-20-8-9-22-43(40)46(44-23-11-17-36-15-5-7-19-41(36)44)38-30-26-33(27-31-38)32-24-28-37(29-25-32)45-42-21-10-16-34-14-4-6-18-39(34)42/h1-31,45H. The van der Waals surface area contributed by atoms with Crippen LogP contribution < -0.4 is 10.2 Å². The molecule has 0 bridgehead atoms. The van der Waals surface area contributed by atoms with Gasteiger partial charge in [-0.15, -0.1) is 0 Å². The van der Waals surface area contributed by atoms with E-state index in [0.29, 0.717) is 0 Å². The fraction of sp³-hybridized carbons (Fsp3) is 0. The Labute approximate surface area is 269 Å². The highest BCUT2D eigenvalue weighted by Crippen LogP contribution is 2.43. The molecule has 0 aliphatic heterocycles. The van der Waals surface area contributed by atoms with E-state index in [-0.39, 0.29) is 0 Å². The van der Waals surface area contributed by atoms with Gasteiger partial charge in [-0.3, -0.25) is 0 Å². The first-order valence-electron chi connectivity index (χ1n) is 15.7. The minimum absolute atomic E-state index is 1.07. The molecule has 0 heterocycles. The molecule has 0 aliphatic carbocycles. The number of hydrogen-bond donors (Lipinski definition) is 1. The van der Waals surface area contributed by atoms with Gasteiger partial charge in [-0.1, -0.05) is 146 Å². The molecule has 0 saturated carbocycles. The SMILES string of the molecule is c1ccc(-c2ccccc2N(c2ccc(-c3ccc(Nc4cccc5ccccc45)cc3)cc2)c2cccc3ccccc23)cc1. The van der Waals surface area contributed by atoms with Crippen LogP contribution in [0.5, 0.6) is 0 Å². The molecule has 8 aromatic rings. The molecule has 0 spiro atoms. The highest BCUT2D eigenvalue weighted by molar-refractivity contribution is 6.01. The minimum Gasteiger partial charge on any atom is -0.355 e. The van der Waals surface area contributed by atoms with Gasteiger partial charge in [-0.05, 0) is 69.9 Å². The number of rotatable bonds is 7. The van der Waals surface area contributed by atoms with E-state index in [1.807, 2.05) is 0 Å². The maximum absolute atomic E-state index is 3.61. The van der Waals surface area contributed by atoms with E-state index >= 15 is 0 Å². The van der Waals surface area contributed by atoms with Crippen molar-refractivity contribution in [3.8, 4) is 22.3 Å². The smallest absolute Gasteiger partial charge is 0.0540 e. The van der Waals surface area contributed by atoms with E-state index in [1.54, 1.807) is 0 Å². The van der Waals surface area contributed by atoms with Crippen molar-refractivity contribution in [3.63, 3.8) is 0 Å². The molecule has 1 N–H and O–H groups in total. The molecular formula is C44H32N2. The van der Waals surface area contributed by atoms with Crippen molar-refractivity contribution in [3.05, 3.63) is 188 Å². The molecule has 0 radical (unpaired) electrons. The zero-order valence-corrected chi connectivity index (χ0v) is 25.3. The normalized spacial score (nSPS) is 11.0. The molecule has 0 fully saturated rings. The number of fused-ring (bicyclic) bond motifs is 2. The van der Waals surface area contributed by atoms with Gasteiger partial charge in [-0.2, -0.15) is 0 Å². The number of benzene rings is 8. The fourth-order valence-corrected chi connectivity index (χ4v) is 6.38. The zero-order valence-electron chi connectivity index (χ0n) is 25.3. The van der Waals surface area contributed by atoms with E-state index in [1.165, 1.54) is 43.8 Å². The van der Waals surface area contributed by atoms with Crippen LogP contribution in [0.4, 0.5) is 28.4 Å². The third-order valence-electron chi connectivity index (χ3n) is 8.65. The van der Waals surface area contributed by atoms with Crippen LogP contribution >= 0.6 is 0 Å². The van der Waals surface area contributed by atoms with Gasteiger partial charge < -0.3 is 10.2 Å². The van der Waals surface area contributed by atoms with Gasteiger partial charge in [0.05, 0.1) is 11.4 Å². The van der Waals surface area contributed by atoms with Crippen LogP contribution in [0.25, 0.3) is 43.8 Å². The Kier molecular flexibility index (Phi) is 7.22. The highest BCUT2D eigenvalue weighted by Gasteiger charge is 2.19. The number of nitrogens with zero attached hydrogens (tertiary/aromatic N) is 1. The Morgan fingerprint density at radius 2 is 0.891 bits per heavy atom. The van der Waals surface area contributed by atoms with Crippen molar-refractivity contribution < 1.29 is 0 Å². The Bertz CT molecular complexity index is 2260. The van der Waals surface area contributed by atoms with Gasteiger partial charge in [0.1, 0.15) is 0 Å². The van der Waals surface area contributed by atoms with E-state index in [0.717, 1.165) is 28.4 Å². The number of nitrogens with one attached hydrogen (secondary N) is 1. The summed E-state index contributed by atoms with van der Waals surface area (Å²) in [5, 5.41) is 8.49. The maximum atomic E-state index is 3.61. The average Bonchev–Trinajstić information content (AvgIpc) is 3.13. The molecule has 0 aromatic heterocycles. The Morgan fingerprint density at radius 3 is 1.65 bits per heavy atom. The largest absolute Gasteiger partial charge is 0.355 e. The minimum atomic E-state index is 1.07. The van der Waals surface area contributed by atoms with E-state index in [4.69, 9.17) is 0 Å². The first kappa shape index (κ1) is 27.4. The Balaban J connectivity index is 1.16. The Hall–Kier alpha value is -6.12. The average molecular weight is 589 g/mol. The first-order chi connectivity index (χ1) is 22.8. The molecule has 2 heteroatoms. The number of anilines is 5. The van der Waals surface area contributed by atoms with Crippen LogP contribution in [-0.4, -0.2) is 0 Å². The summed E-state index contributed by atoms with van der Waals surface area (Å²) in [4.78, 5) is 2.39. The number of para-hydroxylation sites is 1. The van der Waals surface area contributed by atoms with Gasteiger partial charge in [0.2, 0.25) is 0 Å². The van der Waals surface area contributed by atoms with Gasteiger partial charge in [0, 0.05) is 33.4 Å². The van der Waals surface area contributed by atoms with Crippen molar-refractivity contribution in [2.75, 3.05) is 10.2 Å². The second kappa shape index (κ2) is 12.1. The van der Waals surface area contributed by atoms with E-state index in [2.05, 4.69) is 198 Å². The first-order valence-corrected chi connectivity index (χ1v) is 15.7. The van der Waals surface area contributed by atoms with Crippen LogP contribution in [-0.2, 0) is 0 Å². The van der Waals surface area contributed by atoms with Crippen LogP contribution in [0.15, 0.2) is 188 Å². The molecule has 0 aliphatic rings. The quantitative estimate of drug-likeness (QED) is 0.199. The topological polar surface area (TPSA) is 15.3 Å². The summed E-state index contributed by atoms with van der Waals surface area (Å²) >= 11 is 0. The van der Waals surface area contributed by atoms with Crippen LogP contribution in [0.1, 0.15) is 0 Å². The summed E-state index contributed by atoms with van der Waals surface area (Å²) in [6.45, 7) is 0. The van der Waals surface area contributed by atoms with Gasteiger partial charge in [0.25, 0.3) is 0 Å². The van der Waals surface area contributed by atoms with Gasteiger partial charge in [0.15, 0.2) is 0 Å². The molecule has 8 aromatic carbocycles. The summed E-state index contributed by atoms with van der Waals surface area (Å²) in [6.07, 6.45) is 0. The summed E-state index contributed by atoms with van der Waals surface area (Å²) in [7, 11) is 0. The van der Waals surface area contributed by atoms with Crippen LogP contribution in [0.3, 0.4) is 0 Å². The van der Waals surface area contributed by atoms with Crippen LogP contribution in [0.2, 0.25) is 0 Å². The molecule has 218 valence electrons. The lowest BCUT2D eigenvalue weighted by Gasteiger charge is -2.29. The fourth-order valence-electron chi connectivity index (χ4n) is 6.38. The lowest BCUT2D eigenvalue weighted by Crippen LogP contribution is -2.11. The molecule has 0 unspecified atom stereocenters. The molecular weight excluding hydrogens is 556 g/mol. The lowest BCUT2D eigenvalue weighted by molar-refractivity contribution is 1.30. The van der Waals surface area contributed by atoms with Gasteiger partial charge >= 0.3 is 0 Å². The second-order valence-corrected chi connectivity index (χ2v) is 11.5. The molecule has 0 atom stereocenters. The Morgan fingerprint density at radius 1 is 0.348 bits per heavy atom. The van der Waals surface area contributed by atoms with Gasteiger partial charge in [-0.25, -0.2) is 0 Å². The van der Waals surface area contributed by atoms with Crippen molar-refractivity contribution in [1.29, 1.82) is 0 Å². The second-order valence-electron chi connectivity index (χ2n) is 11.5. The zero-order chi connectivity index (χ0) is 30.7. The predicted octanol–water partition coefficient (Wildman–Crippen LogP) is 12.5. The third kappa shape index (κ3) is 5.27. The lowest BCUT2D eigenvalue weighted by atomic mass is 10.00. The van der Waals surface area contributed by atoms with E-state index < -0.39 is 0 Å². The maximum Gasteiger partial charge on any atom is 0.0540 e. The third-order valence-corrected chi connectivity index (χ3v) is 8.65. The van der Waals surface area contributed by atoms with Crippen molar-refractivity contribution >= 4 is 50.0 Å².